The second-order valence-corrected chi connectivity index (χ2v) is 7.93. The van der Waals surface area contributed by atoms with E-state index in [0.29, 0.717) is 27.5 Å². The molecule has 0 aliphatic rings. The van der Waals surface area contributed by atoms with Crippen LogP contribution in [0.15, 0.2) is 53.7 Å². The highest BCUT2D eigenvalue weighted by molar-refractivity contribution is 6.42. The summed E-state index contributed by atoms with van der Waals surface area (Å²) in [6.45, 7) is 5.32. The van der Waals surface area contributed by atoms with E-state index in [1.165, 1.54) is 11.6 Å². The van der Waals surface area contributed by atoms with Crippen molar-refractivity contribution in [2.75, 3.05) is 11.1 Å². The summed E-state index contributed by atoms with van der Waals surface area (Å²) in [6, 6.07) is 11.6. The third kappa shape index (κ3) is 5.08. The molecular formula is C21H17Cl2N9O3. The summed E-state index contributed by atoms with van der Waals surface area (Å²) >= 11 is 12.2. The second kappa shape index (κ2) is 9.83. The van der Waals surface area contributed by atoms with E-state index in [0.717, 1.165) is 0 Å². The fourth-order valence-corrected chi connectivity index (χ4v) is 3.37. The molecule has 14 heteroatoms. The van der Waals surface area contributed by atoms with Gasteiger partial charge in [-0.1, -0.05) is 53.2 Å². The lowest BCUT2D eigenvalue weighted by Crippen LogP contribution is -2.36. The number of anilines is 2. The zero-order valence-electron chi connectivity index (χ0n) is 18.0. The Morgan fingerprint density at radius 3 is 2.57 bits per heavy atom. The van der Waals surface area contributed by atoms with Crippen LogP contribution in [0.25, 0.3) is 22.8 Å². The highest BCUT2D eigenvalue weighted by atomic mass is 35.5. The number of nitrogens with zero attached hydrogens (tertiary/aromatic N) is 5. The van der Waals surface area contributed by atoms with Gasteiger partial charge in [0.2, 0.25) is 17.5 Å². The lowest BCUT2D eigenvalue weighted by Gasteiger charge is -2.12. The van der Waals surface area contributed by atoms with E-state index in [1.807, 2.05) is 0 Å². The number of rotatable bonds is 7. The molecule has 35 heavy (non-hydrogen) atoms. The SMILES string of the molecule is C=C(NNC(=O)c1nnn(-c2nonc2N)c1-c1ccc(Cl)c(Cl)c1)c1cccc(NC(C)=O)c1. The fraction of sp³-hybridized carbons (Fsp3) is 0.0476. The van der Waals surface area contributed by atoms with Crippen LogP contribution < -0.4 is 21.9 Å². The topological polar surface area (TPSA) is 166 Å². The van der Waals surface area contributed by atoms with Crippen molar-refractivity contribution in [1.29, 1.82) is 0 Å². The van der Waals surface area contributed by atoms with E-state index in [4.69, 9.17) is 28.9 Å². The largest absolute Gasteiger partial charge is 0.378 e. The molecule has 5 N–H and O–H groups in total. The summed E-state index contributed by atoms with van der Waals surface area (Å²) in [6.07, 6.45) is 0. The summed E-state index contributed by atoms with van der Waals surface area (Å²) in [5, 5.41) is 18.5. The normalized spacial score (nSPS) is 10.6. The molecule has 178 valence electrons. The van der Waals surface area contributed by atoms with Gasteiger partial charge in [0, 0.05) is 23.7 Å². The number of hydrogen-bond acceptors (Lipinski definition) is 9. The summed E-state index contributed by atoms with van der Waals surface area (Å²) in [7, 11) is 0. The highest BCUT2D eigenvalue weighted by Gasteiger charge is 2.25. The Labute approximate surface area is 208 Å². The lowest BCUT2D eigenvalue weighted by atomic mass is 10.1. The first kappa shape index (κ1) is 23.7. The average molecular weight is 514 g/mol. The summed E-state index contributed by atoms with van der Waals surface area (Å²) in [5.74, 6) is -0.889. The van der Waals surface area contributed by atoms with E-state index in [1.54, 1.807) is 42.5 Å². The first-order chi connectivity index (χ1) is 16.7. The van der Waals surface area contributed by atoms with E-state index in [-0.39, 0.29) is 34.0 Å². The van der Waals surface area contributed by atoms with Crippen LogP contribution in [0.3, 0.4) is 0 Å². The number of benzene rings is 2. The molecular weight excluding hydrogens is 497 g/mol. The minimum Gasteiger partial charge on any atom is -0.378 e. The number of hydrogen-bond donors (Lipinski definition) is 4. The molecule has 2 amide bonds. The Morgan fingerprint density at radius 2 is 1.89 bits per heavy atom. The number of nitrogens with one attached hydrogen (secondary N) is 3. The van der Waals surface area contributed by atoms with E-state index >= 15 is 0 Å². The zero-order valence-corrected chi connectivity index (χ0v) is 19.6. The van der Waals surface area contributed by atoms with Crippen molar-refractivity contribution in [1.82, 2.24) is 36.2 Å². The van der Waals surface area contributed by atoms with Crippen LogP contribution in [-0.4, -0.2) is 37.1 Å². The maximum atomic E-state index is 13.1. The molecule has 12 nitrogen and oxygen atoms in total. The van der Waals surface area contributed by atoms with Gasteiger partial charge in [-0.15, -0.1) is 5.10 Å². The number of amides is 2. The zero-order chi connectivity index (χ0) is 25.1. The quantitative estimate of drug-likeness (QED) is 0.271. The summed E-state index contributed by atoms with van der Waals surface area (Å²) in [5.41, 5.74) is 13.2. The molecule has 2 aromatic heterocycles. The van der Waals surface area contributed by atoms with Crippen LogP contribution in [0.4, 0.5) is 11.5 Å². The number of aromatic nitrogens is 5. The molecule has 2 aromatic carbocycles. The van der Waals surface area contributed by atoms with Gasteiger partial charge in [0.15, 0.2) is 5.69 Å². The molecule has 0 spiro atoms. The molecule has 0 unspecified atom stereocenters. The number of hydrazine groups is 1. The first-order valence-electron chi connectivity index (χ1n) is 9.87. The van der Waals surface area contributed by atoms with E-state index in [2.05, 4.69) is 48.0 Å². The molecule has 2 heterocycles. The Morgan fingerprint density at radius 1 is 1.09 bits per heavy atom. The van der Waals surface area contributed by atoms with E-state index in [9.17, 15) is 9.59 Å². The van der Waals surface area contributed by atoms with Crippen LogP contribution in [0, 0.1) is 0 Å². The van der Waals surface area contributed by atoms with Gasteiger partial charge in [-0.05, 0) is 34.6 Å². The Hall–Kier alpha value is -4.42. The number of carbonyl (C=O) groups excluding carboxylic acids is 2. The van der Waals surface area contributed by atoms with Crippen LogP contribution in [-0.2, 0) is 4.79 Å². The molecule has 0 radical (unpaired) electrons. The van der Waals surface area contributed by atoms with Gasteiger partial charge in [-0.3, -0.25) is 20.4 Å². The number of nitrogen functional groups attached to an aromatic ring is 1. The van der Waals surface area contributed by atoms with E-state index < -0.39 is 5.91 Å². The van der Waals surface area contributed by atoms with Crippen molar-refractivity contribution in [2.24, 2.45) is 0 Å². The van der Waals surface area contributed by atoms with Crippen LogP contribution >= 0.6 is 23.2 Å². The first-order valence-corrected chi connectivity index (χ1v) is 10.6. The van der Waals surface area contributed by atoms with Gasteiger partial charge in [0.25, 0.3) is 5.91 Å². The minimum atomic E-state index is -0.647. The van der Waals surface area contributed by atoms with Gasteiger partial charge in [0.05, 0.1) is 15.7 Å². The van der Waals surface area contributed by atoms with Gasteiger partial charge in [-0.25, -0.2) is 4.63 Å². The van der Waals surface area contributed by atoms with Crippen LogP contribution in [0.5, 0.6) is 0 Å². The minimum absolute atomic E-state index is 0.0322. The second-order valence-electron chi connectivity index (χ2n) is 7.12. The Bertz CT molecular complexity index is 1450. The van der Waals surface area contributed by atoms with Crippen LogP contribution in [0.1, 0.15) is 23.0 Å². The lowest BCUT2D eigenvalue weighted by molar-refractivity contribution is -0.114. The summed E-state index contributed by atoms with van der Waals surface area (Å²) < 4.78 is 5.85. The fourth-order valence-electron chi connectivity index (χ4n) is 3.07. The number of halogens is 2. The molecule has 0 saturated carbocycles. The smallest absolute Gasteiger partial charge is 0.292 e. The van der Waals surface area contributed by atoms with Crippen LogP contribution in [0.2, 0.25) is 10.0 Å². The van der Waals surface area contributed by atoms with Crippen molar-refractivity contribution in [3.63, 3.8) is 0 Å². The molecule has 0 aliphatic carbocycles. The van der Waals surface area contributed by atoms with Gasteiger partial charge in [-0.2, -0.15) is 4.68 Å². The number of nitrogens with two attached hydrogens (primary N) is 1. The molecule has 0 bridgehead atoms. The van der Waals surface area contributed by atoms with Gasteiger partial charge < -0.3 is 11.1 Å². The maximum Gasteiger partial charge on any atom is 0.292 e. The summed E-state index contributed by atoms with van der Waals surface area (Å²) in [4.78, 5) is 24.4. The van der Waals surface area contributed by atoms with Gasteiger partial charge >= 0.3 is 0 Å². The molecule has 4 aromatic rings. The Kier molecular flexibility index (Phi) is 6.66. The third-order valence-electron chi connectivity index (χ3n) is 4.63. The van der Waals surface area contributed by atoms with Crippen molar-refractivity contribution >= 4 is 52.2 Å². The monoisotopic (exact) mass is 513 g/mol. The molecule has 0 atom stereocenters. The molecule has 0 fully saturated rings. The molecule has 0 saturated heterocycles. The third-order valence-corrected chi connectivity index (χ3v) is 5.37. The average Bonchev–Trinajstić information content (AvgIpc) is 3.44. The standard InChI is InChI=1S/C21H17Cl2N9O3/c1-10(12-4-3-5-14(8-12)25-11(2)33)26-28-21(34)17-18(13-6-7-15(22)16(23)9-13)32(31-27-17)20-19(24)29-35-30-20/h3-9,26H,1H2,2H3,(H2,24,29)(H,25,33)(H,28,34). The predicted molar refractivity (Wildman–Crippen MR) is 129 cm³/mol. The van der Waals surface area contributed by atoms with Crippen molar-refractivity contribution in [2.45, 2.75) is 6.92 Å². The van der Waals surface area contributed by atoms with Gasteiger partial charge in [0.1, 0.15) is 5.69 Å². The predicted octanol–water partition coefficient (Wildman–Crippen LogP) is 3.07. The van der Waals surface area contributed by atoms with Crippen molar-refractivity contribution in [3.8, 4) is 17.1 Å². The number of carbonyl (C=O) groups is 2. The molecule has 0 aliphatic heterocycles. The Balaban J connectivity index is 1.62. The van der Waals surface area contributed by atoms with Crippen molar-refractivity contribution in [3.05, 3.63) is 70.3 Å². The maximum absolute atomic E-state index is 13.1. The van der Waals surface area contributed by atoms with Crippen molar-refractivity contribution < 1.29 is 14.2 Å². The highest BCUT2D eigenvalue weighted by Crippen LogP contribution is 2.31. The molecule has 4 rings (SSSR count).